The van der Waals surface area contributed by atoms with Gasteiger partial charge in [0, 0.05) is 25.3 Å². The van der Waals surface area contributed by atoms with Crippen LogP contribution in [0, 0.1) is 0 Å². The van der Waals surface area contributed by atoms with Crippen molar-refractivity contribution < 1.29 is 14.2 Å². The Morgan fingerprint density at radius 1 is 0.882 bits per heavy atom. The minimum atomic E-state index is -0.362. The zero-order valence-corrected chi connectivity index (χ0v) is 9.84. The van der Waals surface area contributed by atoms with Gasteiger partial charge in [-0.05, 0) is 10.8 Å². The molecule has 1 aliphatic rings. The summed E-state index contributed by atoms with van der Waals surface area (Å²) in [4.78, 5) is 0. The fourth-order valence-electron chi connectivity index (χ4n) is 2.42. The number of benzene rings is 2. The van der Waals surface area contributed by atoms with Crippen LogP contribution in [0.25, 0.3) is 10.8 Å². The monoisotopic (exact) mass is 230 g/mol. The summed E-state index contributed by atoms with van der Waals surface area (Å²) < 4.78 is 16.5. The van der Waals surface area contributed by atoms with E-state index >= 15 is 0 Å². The molecule has 0 amide bonds. The van der Waals surface area contributed by atoms with Crippen molar-refractivity contribution in [3.8, 4) is 0 Å². The van der Waals surface area contributed by atoms with Crippen molar-refractivity contribution >= 4 is 10.8 Å². The molecule has 17 heavy (non-hydrogen) atoms. The van der Waals surface area contributed by atoms with Gasteiger partial charge in [0.25, 0.3) is 0 Å². The van der Waals surface area contributed by atoms with Crippen molar-refractivity contribution in [1.82, 2.24) is 0 Å². The first-order valence-electron chi connectivity index (χ1n) is 5.57. The van der Waals surface area contributed by atoms with Crippen LogP contribution < -0.4 is 0 Å². The molecule has 2 unspecified atom stereocenters. The Balaban J connectivity index is 2.32. The molecule has 1 aliphatic heterocycles. The largest absolute Gasteiger partial charge is 0.352 e. The van der Waals surface area contributed by atoms with Crippen LogP contribution in [0.2, 0.25) is 0 Å². The third-order valence-corrected chi connectivity index (χ3v) is 3.15. The van der Waals surface area contributed by atoms with Gasteiger partial charge < -0.3 is 14.2 Å². The van der Waals surface area contributed by atoms with E-state index in [0.717, 1.165) is 11.1 Å². The summed E-state index contributed by atoms with van der Waals surface area (Å²) in [5.74, 6) is 0. The van der Waals surface area contributed by atoms with Crippen LogP contribution in [0.4, 0.5) is 0 Å². The van der Waals surface area contributed by atoms with Crippen LogP contribution in [-0.2, 0) is 14.2 Å². The summed E-state index contributed by atoms with van der Waals surface area (Å²) >= 11 is 0. The molecule has 0 spiro atoms. The van der Waals surface area contributed by atoms with Crippen molar-refractivity contribution in [3.63, 3.8) is 0 Å². The molecule has 3 nitrogen and oxygen atoms in total. The van der Waals surface area contributed by atoms with Crippen molar-refractivity contribution in [1.29, 1.82) is 0 Å². The Labute approximate surface area is 99.9 Å². The molecule has 3 heteroatoms. The highest BCUT2D eigenvalue weighted by atomic mass is 16.8. The third-order valence-electron chi connectivity index (χ3n) is 3.15. The van der Waals surface area contributed by atoms with Crippen molar-refractivity contribution in [2.24, 2.45) is 0 Å². The molecule has 0 aromatic heterocycles. The number of hydrogen-bond acceptors (Lipinski definition) is 3. The highest BCUT2D eigenvalue weighted by molar-refractivity contribution is 5.89. The molecule has 2 aromatic carbocycles. The molecule has 2 aromatic rings. The Morgan fingerprint density at radius 3 is 1.88 bits per heavy atom. The Morgan fingerprint density at radius 2 is 1.41 bits per heavy atom. The van der Waals surface area contributed by atoms with Crippen molar-refractivity contribution in [2.45, 2.75) is 12.6 Å². The Bertz CT molecular complexity index is 505. The van der Waals surface area contributed by atoms with E-state index in [2.05, 4.69) is 12.1 Å². The number of hydrogen-bond donors (Lipinski definition) is 0. The maximum atomic E-state index is 5.76. The standard InChI is InChI=1S/C14H14O3/c1-15-13-10-7-3-5-9-6-4-8-11(12(9)10)14(16-2)17-13/h3-8,13-14H,1-2H3. The lowest BCUT2D eigenvalue weighted by molar-refractivity contribution is -0.240. The summed E-state index contributed by atoms with van der Waals surface area (Å²) in [5, 5.41) is 2.37. The van der Waals surface area contributed by atoms with Gasteiger partial charge in [-0.1, -0.05) is 36.4 Å². The SMILES string of the molecule is COC1OC(OC)c2cccc3cccc1c23. The minimum absolute atomic E-state index is 0.362. The average Bonchev–Trinajstić information content (AvgIpc) is 2.40. The summed E-state index contributed by atoms with van der Waals surface area (Å²) in [6.07, 6.45) is -0.725. The van der Waals surface area contributed by atoms with Gasteiger partial charge in [-0.3, -0.25) is 0 Å². The molecule has 0 N–H and O–H groups in total. The topological polar surface area (TPSA) is 27.7 Å². The van der Waals surface area contributed by atoms with E-state index < -0.39 is 0 Å². The van der Waals surface area contributed by atoms with Crippen LogP contribution in [0.1, 0.15) is 23.7 Å². The van der Waals surface area contributed by atoms with E-state index in [0.29, 0.717) is 0 Å². The maximum absolute atomic E-state index is 5.76. The average molecular weight is 230 g/mol. The van der Waals surface area contributed by atoms with Gasteiger partial charge in [-0.2, -0.15) is 0 Å². The predicted octanol–water partition coefficient (Wildman–Crippen LogP) is 3.16. The zero-order valence-electron chi connectivity index (χ0n) is 9.84. The highest BCUT2D eigenvalue weighted by Crippen LogP contribution is 2.41. The zero-order chi connectivity index (χ0) is 11.8. The molecular weight excluding hydrogens is 216 g/mol. The minimum Gasteiger partial charge on any atom is -0.352 e. The van der Waals surface area contributed by atoms with Crippen LogP contribution in [0.15, 0.2) is 36.4 Å². The quantitative estimate of drug-likeness (QED) is 0.793. The lowest BCUT2D eigenvalue weighted by Crippen LogP contribution is -2.19. The lowest BCUT2D eigenvalue weighted by Gasteiger charge is -2.30. The molecular formula is C14H14O3. The molecule has 3 rings (SSSR count). The Kier molecular flexibility index (Phi) is 2.59. The van der Waals surface area contributed by atoms with E-state index in [1.54, 1.807) is 14.2 Å². The number of methoxy groups -OCH3 is 2. The predicted molar refractivity (Wildman–Crippen MR) is 64.5 cm³/mol. The van der Waals surface area contributed by atoms with Crippen LogP contribution >= 0.6 is 0 Å². The molecule has 0 bridgehead atoms. The first-order valence-corrected chi connectivity index (χ1v) is 5.57. The van der Waals surface area contributed by atoms with Gasteiger partial charge >= 0.3 is 0 Å². The summed E-state index contributed by atoms with van der Waals surface area (Å²) in [6.45, 7) is 0. The van der Waals surface area contributed by atoms with Gasteiger partial charge in [0.15, 0.2) is 12.6 Å². The molecule has 0 saturated carbocycles. The first kappa shape index (κ1) is 10.7. The van der Waals surface area contributed by atoms with Crippen molar-refractivity contribution in [2.75, 3.05) is 14.2 Å². The van der Waals surface area contributed by atoms with Crippen molar-refractivity contribution in [3.05, 3.63) is 47.5 Å². The summed E-state index contributed by atoms with van der Waals surface area (Å²) in [7, 11) is 3.29. The molecule has 0 saturated heterocycles. The molecule has 0 fully saturated rings. The Hall–Kier alpha value is -1.42. The molecule has 1 heterocycles. The summed E-state index contributed by atoms with van der Waals surface area (Å²) in [6, 6.07) is 12.3. The molecule has 88 valence electrons. The van der Waals surface area contributed by atoms with E-state index in [-0.39, 0.29) is 12.6 Å². The first-order chi connectivity index (χ1) is 8.35. The second-order valence-corrected chi connectivity index (χ2v) is 4.06. The highest BCUT2D eigenvalue weighted by Gasteiger charge is 2.28. The van der Waals surface area contributed by atoms with Crippen LogP contribution in [-0.4, -0.2) is 14.2 Å². The summed E-state index contributed by atoms with van der Waals surface area (Å²) in [5.41, 5.74) is 2.13. The molecule has 0 radical (unpaired) electrons. The second-order valence-electron chi connectivity index (χ2n) is 4.06. The van der Waals surface area contributed by atoms with Crippen LogP contribution in [0.5, 0.6) is 0 Å². The van der Waals surface area contributed by atoms with Gasteiger partial charge in [0.05, 0.1) is 0 Å². The second kappa shape index (κ2) is 4.11. The van der Waals surface area contributed by atoms with Gasteiger partial charge in [-0.15, -0.1) is 0 Å². The fraction of sp³-hybridized carbons (Fsp3) is 0.286. The fourth-order valence-corrected chi connectivity index (χ4v) is 2.42. The van der Waals surface area contributed by atoms with E-state index in [9.17, 15) is 0 Å². The maximum Gasteiger partial charge on any atom is 0.187 e. The number of ether oxygens (including phenoxy) is 3. The van der Waals surface area contributed by atoms with Crippen LogP contribution in [0.3, 0.4) is 0 Å². The van der Waals surface area contributed by atoms with E-state index in [1.807, 2.05) is 24.3 Å². The smallest absolute Gasteiger partial charge is 0.187 e. The number of rotatable bonds is 2. The lowest BCUT2D eigenvalue weighted by atomic mass is 9.96. The molecule has 0 aliphatic carbocycles. The van der Waals surface area contributed by atoms with E-state index in [1.165, 1.54) is 10.8 Å². The van der Waals surface area contributed by atoms with Gasteiger partial charge in [-0.25, -0.2) is 0 Å². The normalized spacial score (nSPS) is 22.9. The van der Waals surface area contributed by atoms with E-state index in [4.69, 9.17) is 14.2 Å². The molecule has 2 atom stereocenters. The van der Waals surface area contributed by atoms with Gasteiger partial charge in [0.1, 0.15) is 0 Å². The third kappa shape index (κ3) is 1.55. The van der Waals surface area contributed by atoms with Gasteiger partial charge in [0.2, 0.25) is 0 Å².